The Morgan fingerprint density at radius 3 is 2.40 bits per heavy atom. The third-order valence-corrected chi connectivity index (χ3v) is 7.39. The van der Waals surface area contributed by atoms with Gasteiger partial charge in [-0.2, -0.15) is 5.10 Å². The van der Waals surface area contributed by atoms with E-state index in [0.717, 1.165) is 22.1 Å². The third-order valence-electron chi connectivity index (χ3n) is 6.89. The summed E-state index contributed by atoms with van der Waals surface area (Å²) in [5, 5.41) is 15.1. The third kappa shape index (κ3) is 4.99. The molecule has 1 amide bonds. The van der Waals surface area contributed by atoms with Gasteiger partial charge in [0.25, 0.3) is 5.56 Å². The van der Waals surface area contributed by atoms with Crippen LogP contribution in [0.1, 0.15) is 36.4 Å². The summed E-state index contributed by atoms with van der Waals surface area (Å²) in [4.78, 5) is 35.2. The summed E-state index contributed by atoms with van der Waals surface area (Å²) in [6.45, 7) is 3.66. The number of rotatable bonds is 6. The van der Waals surface area contributed by atoms with Crippen LogP contribution in [0.4, 0.5) is 0 Å². The van der Waals surface area contributed by atoms with Crippen LogP contribution in [0, 0.1) is 0 Å². The van der Waals surface area contributed by atoms with Crippen LogP contribution in [-0.2, 0) is 9.63 Å². The van der Waals surface area contributed by atoms with E-state index in [-0.39, 0.29) is 17.9 Å². The molecule has 40 heavy (non-hydrogen) atoms. The molecule has 0 bridgehead atoms. The Labute approximate surface area is 239 Å². The maximum atomic E-state index is 13.6. The number of aromatic nitrogens is 1. The van der Waals surface area contributed by atoms with Gasteiger partial charge in [0.1, 0.15) is 5.84 Å². The topological polar surface area (TPSA) is 99.2 Å². The van der Waals surface area contributed by atoms with E-state index < -0.39 is 6.04 Å². The van der Waals surface area contributed by atoms with Crippen molar-refractivity contribution in [1.29, 1.82) is 0 Å². The monoisotopic (exact) mass is 571 g/mol. The van der Waals surface area contributed by atoms with Gasteiger partial charge in [0, 0.05) is 45.8 Å². The van der Waals surface area contributed by atoms with Crippen LogP contribution < -0.4 is 10.9 Å². The average Bonchev–Trinajstić information content (AvgIpc) is 3.58. The number of H-pyrrole nitrogens is 1. The number of hydrazone groups is 1. The molecule has 10 heteroatoms. The van der Waals surface area contributed by atoms with E-state index in [1.165, 1.54) is 5.01 Å². The number of aromatic amines is 1. The number of pyridine rings is 1. The lowest BCUT2D eigenvalue weighted by Crippen LogP contribution is -2.28. The summed E-state index contributed by atoms with van der Waals surface area (Å²) in [5.74, 6) is 0.608. The lowest BCUT2D eigenvalue weighted by Gasteiger charge is -2.22. The minimum atomic E-state index is -0.423. The van der Waals surface area contributed by atoms with Crippen molar-refractivity contribution in [1.82, 2.24) is 15.3 Å². The number of fused-ring (bicyclic) bond motifs is 1. The first-order valence-electron chi connectivity index (χ1n) is 12.6. The second-order valence-corrected chi connectivity index (χ2v) is 10.4. The zero-order chi connectivity index (χ0) is 27.8. The maximum absolute atomic E-state index is 13.6. The molecule has 3 heterocycles. The number of benzene rings is 3. The number of carbonyl (C=O) groups excluding carboxylic acids is 1. The zero-order valence-corrected chi connectivity index (χ0v) is 22.7. The van der Waals surface area contributed by atoms with E-state index in [4.69, 9.17) is 33.1 Å². The van der Waals surface area contributed by atoms with Gasteiger partial charge in [-0.05, 0) is 48.0 Å². The van der Waals surface area contributed by atoms with Gasteiger partial charge in [0.05, 0.1) is 17.3 Å². The van der Waals surface area contributed by atoms with Crippen LogP contribution in [0.2, 0.25) is 10.0 Å². The second-order valence-electron chi connectivity index (χ2n) is 9.49. The van der Waals surface area contributed by atoms with Crippen LogP contribution >= 0.6 is 23.2 Å². The summed E-state index contributed by atoms with van der Waals surface area (Å²) < 4.78 is 0. The van der Waals surface area contributed by atoms with Crippen LogP contribution in [-0.4, -0.2) is 27.4 Å². The Morgan fingerprint density at radius 1 is 1.00 bits per heavy atom. The van der Waals surface area contributed by atoms with Crippen LogP contribution in [0.5, 0.6) is 0 Å². The van der Waals surface area contributed by atoms with Gasteiger partial charge >= 0.3 is 0 Å². The van der Waals surface area contributed by atoms with E-state index in [1.54, 1.807) is 24.3 Å². The SMILES string of the molecule is C=C1NC(CCC(=O)N2N=C(c3c(-c4ccc(Cl)cc4)c4ccccc4[nH]c3=O)C[C@H]2c2ccc(Cl)cc2)=NO1. The molecular weight excluding hydrogens is 549 g/mol. The zero-order valence-electron chi connectivity index (χ0n) is 21.2. The highest BCUT2D eigenvalue weighted by Gasteiger charge is 2.35. The molecule has 0 saturated heterocycles. The van der Waals surface area contributed by atoms with E-state index in [2.05, 4.69) is 22.0 Å². The number of amides is 1. The quantitative estimate of drug-likeness (QED) is 0.281. The molecule has 0 aliphatic carbocycles. The van der Waals surface area contributed by atoms with Gasteiger partial charge in [0.15, 0.2) is 0 Å². The van der Waals surface area contributed by atoms with Gasteiger partial charge in [-0.1, -0.05) is 70.8 Å². The van der Waals surface area contributed by atoms with E-state index in [1.807, 2.05) is 48.5 Å². The molecule has 8 nitrogen and oxygen atoms in total. The van der Waals surface area contributed by atoms with Gasteiger partial charge < -0.3 is 15.1 Å². The van der Waals surface area contributed by atoms with Crippen LogP contribution in [0.15, 0.2) is 100 Å². The number of hydrogen-bond donors (Lipinski definition) is 2. The van der Waals surface area contributed by atoms with Crippen LogP contribution in [0.25, 0.3) is 22.0 Å². The first-order valence-corrected chi connectivity index (χ1v) is 13.4. The molecule has 4 aromatic rings. The molecular formula is C30H23Cl2N5O3. The average molecular weight is 572 g/mol. The molecule has 1 atom stereocenters. The molecule has 2 aliphatic rings. The Kier molecular flexibility index (Phi) is 6.88. The molecule has 200 valence electrons. The normalized spacial score (nSPS) is 16.5. The molecule has 0 unspecified atom stereocenters. The smallest absolute Gasteiger partial charge is 0.258 e. The summed E-state index contributed by atoms with van der Waals surface area (Å²) >= 11 is 12.3. The van der Waals surface area contributed by atoms with Crippen molar-refractivity contribution in [2.24, 2.45) is 10.3 Å². The summed E-state index contributed by atoms with van der Waals surface area (Å²) in [7, 11) is 0. The van der Waals surface area contributed by atoms with Gasteiger partial charge in [-0.3, -0.25) is 9.59 Å². The second kappa shape index (κ2) is 10.6. The fourth-order valence-corrected chi connectivity index (χ4v) is 5.29. The predicted molar refractivity (Wildman–Crippen MR) is 157 cm³/mol. The Hall–Kier alpha value is -4.40. The Morgan fingerprint density at radius 2 is 1.70 bits per heavy atom. The number of hydrogen-bond acceptors (Lipinski definition) is 6. The number of oxime groups is 1. The Bertz CT molecular complexity index is 1760. The number of nitrogens with one attached hydrogen (secondary N) is 2. The molecule has 3 aromatic carbocycles. The van der Waals surface area contributed by atoms with Crippen molar-refractivity contribution in [3.05, 3.63) is 117 Å². The highest BCUT2D eigenvalue weighted by atomic mass is 35.5. The molecule has 2 aliphatic heterocycles. The van der Waals surface area contributed by atoms with Gasteiger partial charge in [-0.15, -0.1) is 0 Å². The van der Waals surface area contributed by atoms with Gasteiger partial charge in [0.2, 0.25) is 11.8 Å². The molecule has 0 fully saturated rings. The summed E-state index contributed by atoms with van der Waals surface area (Å²) in [6, 6.07) is 21.8. The minimum absolute atomic E-state index is 0.126. The summed E-state index contributed by atoms with van der Waals surface area (Å²) in [6.07, 6.45) is 0.787. The van der Waals surface area contributed by atoms with Crippen molar-refractivity contribution in [2.45, 2.75) is 25.3 Å². The predicted octanol–water partition coefficient (Wildman–Crippen LogP) is 6.36. The standard InChI is InChI=1S/C30H23Cl2N5O3/c1-17-33-26(36-40-17)14-15-27(38)37-25(18-6-10-20(31)11-7-18)16-24(35-37)29-28(19-8-12-21(32)13-9-19)22-4-2-3-5-23(22)34-30(29)39/h2-13,25H,1,14-16H2,(H,33,36)(H,34,39)/t25-/m0/s1. The first-order chi connectivity index (χ1) is 19.4. The van der Waals surface area contributed by atoms with E-state index in [0.29, 0.717) is 51.4 Å². The lowest BCUT2D eigenvalue weighted by molar-refractivity contribution is -0.132. The highest BCUT2D eigenvalue weighted by Crippen LogP contribution is 2.37. The number of nitrogens with zero attached hydrogens (tertiary/aromatic N) is 3. The number of halogens is 2. The number of para-hydroxylation sites is 1. The van der Waals surface area contributed by atoms with Gasteiger partial charge in [-0.25, -0.2) is 5.01 Å². The molecule has 0 saturated carbocycles. The van der Waals surface area contributed by atoms with Crippen molar-refractivity contribution in [3.8, 4) is 11.1 Å². The molecule has 2 N–H and O–H groups in total. The fourth-order valence-electron chi connectivity index (χ4n) is 5.04. The molecule has 1 aromatic heterocycles. The van der Waals surface area contributed by atoms with E-state index in [9.17, 15) is 9.59 Å². The highest BCUT2D eigenvalue weighted by molar-refractivity contribution is 6.31. The lowest BCUT2D eigenvalue weighted by atomic mass is 9.91. The van der Waals surface area contributed by atoms with Crippen LogP contribution in [0.3, 0.4) is 0 Å². The van der Waals surface area contributed by atoms with Crippen molar-refractivity contribution in [2.75, 3.05) is 0 Å². The number of carbonyl (C=O) groups is 1. The maximum Gasteiger partial charge on any atom is 0.258 e. The molecule has 6 rings (SSSR count). The van der Waals surface area contributed by atoms with Crippen molar-refractivity contribution in [3.63, 3.8) is 0 Å². The largest absolute Gasteiger partial charge is 0.337 e. The number of amidine groups is 1. The van der Waals surface area contributed by atoms with Crippen molar-refractivity contribution >= 4 is 51.6 Å². The fraction of sp³-hybridized carbons (Fsp3) is 0.133. The minimum Gasteiger partial charge on any atom is -0.337 e. The summed E-state index contributed by atoms with van der Waals surface area (Å²) in [5.41, 5.74) is 3.76. The first kappa shape index (κ1) is 25.9. The Balaban J connectivity index is 1.45. The van der Waals surface area contributed by atoms with E-state index >= 15 is 0 Å². The molecule has 0 radical (unpaired) electrons. The molecule has 0 spiro atoms. The van der Waals surface area contributed by atoms with Crippen molar-refractivity contribution < 1.29 is 9.63 Å².